The third-order valence-corrected chi connectivity index (χ3v) is 5.69. The molecule has 9 nitrogen and oxygen atoms in total. The van der Waals surface area contributed by atoms with Gasteiger partial charge in [-0.05, 0) is 31.0 Å². The maximum absolute atomic E-state index is 12.7. The number of ether oxygens (including phenoxy) is 2. The van der Waals surface area contributed by atoms with Gasteiger partial charge in [0.05, 0.1) is 32.1 Å². The van der Waals surface area contributed by atoms with Crippen LogP contribution in [0.15, 0.2) is 58.4 Å². The summed E-state index contributed by atoms with van der Waals surface area (Å²) < 4.78 is 14.1. The van der Waals surface area contributed by atoms with Crippen molar-refractivity contribution in [2.24, 2.45) is 0 Å². The van der Waals surface area contributed by atoms with Crippen LogP contribution in [0.5, 0.6) is 5.75 Å². The van der Waals surface area contributed by atoms with Crippen molar-refractivity contribution >= 4 is 5.82 Å². The summed E-state index contributed by atoms with van der Waals surface area (Å²) in [7, 11) is 1.61. The van der Waals surface area contributed by atoms with Crippen molar-refractivity contribution in [1.82, 2.24) is 19.3 Å². The summed E-state index contributed by atoms with van der Waals surface area (Å²) in [5.74, 6) is 0.981. The molecule has 0 radical (unpaired) electrons. The molecule has 3 aromatic rings. The van der Waals surface area contributed by atoms with Crippen LogP contribution in [0.4, 0.5) is 5.82 Å². The van der Waals surface area contributed by atoms with Crippen LogP contribution in [0.2, 0.25) is 0 Å². The minimum Gasteiger partial charge on any atom is -0.497 e. The van der Waals surface area contributed by atoms with Crippen LogP contribution in [-0.4, -0.2) is 45.7 Å². The number of benzene rings is 1. The van der Waals surface area contributed by atoms with Crippen molar-refractivity contribution in [3.63, 3.8) is 0 Å². The molecule has 160 valence electrons. The molecule has 0 bridgehead atoms. The summed E-state index contributed by atoms with van der Waals surface area (Å²) in [6.45, 7) is 0.664. The zero-order valence-corrected chi connectivity index (χ0v) is 17.1. The Bertz CT molecular complexity index is 1220. The van der Waals surface area contributed by atoms with Crippen molar-refractivity contribution in [1.29, 1.82) is 0 Å². The summed E-state index contributed by atoms with van der Waals surface area (Å²) >= 11 is 0. The fourth-order valence-electron chi connectivity index (χ4n) is 3.86. The second-order valence-corrected chi connectivity index (χ2v) is 7.81. The average Bonchev–Trinajstić information content (AvgIpc) is 3.54. The summed E-state index contributed by atoms with van der Waals surface area (Å²) in [5, 5.41) is 7.79. The minimum absolute atomic E-state index is 0.152. The van der Waals surface area contributed by atoms with Gasteiger partial charge < -0.3 is 19.4 Å². The molecule has 5 rings (SSSR count). The largest absolute Gasteiger partial charge is 0.497 e. The van der Waals surface area contributed by atoms with Crippen LogP contribution in [0.1, 0.15) is 24.9 Å². The molecule has 0 amide bonds. The minimum atomic E-state index is -0.367. The van der Waals surface area contributed by atoms with Crippen molar-refractivity contribution in [2.75, 3.05) is 25.6 Å². The van der Waals surface area contributed by atoms with Gasteiger partial charge >= 0.3 is 0 Å². The summed E-state index contributed by atoms with van der Waals surface area (Å²) in [6.07, 6.45) is 5.36. The van der Waals surface area contributed by atoms with Crippen LogP contribution in [-0.2, 0) is 4.74 Å². The molecule has 1 saturated carbocycles. The quantitative estimate of drug-likeness (QED) is 0.648. The highest BCUT2D eigenvalue weighted by atomic mass is 16.5. The van der Waals surface area contributed by atoms with Gasteiger partial charge in [0, 0.05) is 30.1 Å². The van der Waals surface area contributed by atoms with Gasteiger partial charge in [0.2, 0.25) is 0 Å². The summed E-state index contributed by atoms with van der Waals surface area (Å²) in [5.41, 5.74) is 1.11. The molecule has 1 aliphatic heterocycles. The molecule has 9 heteroatoms. The molecule has 1 aromatic carbocycles. The van der Waals surface area contributed by atoms with Crippen molar-refractivity contribution in [3.8, 4) is 17.0 Å². The third-order valence-electron chi connectivity index (χ3n) is 5.69. The lowest BCUT2D eigenvalue weighted by Crippen LogP contribution is -2.39. The molecule has 1 aliphatic carbocycles. The normalized spacial score (nSPS) is 20.5. The lowest BCUT2D eigenvalue weighted by atomic mass is 10.1. The zero-order valence-electron chi connectivity index (χ0n) is 17.1. The Balaban J connectivity index is 1.45. The second-order valence-electron chi connectivity index (χ2n) is 7.81. The molecule has 1 N–H and O–H groups in total. The number of nitrogens with zero attached hydrogens (tertiary/aromatic N) is 4. The molecular weight excluding hydrogens is 398 g/mol. The second kappa shape index (κ2) is 7.99. The van der Waals surface area contributed by atoms with Crippen LogP contribution in [0.3, 0.4) is 0 Å². The molecule has 2 atom stereocenters. The van der Waals surface area contributed by atoms with Gasteiger partial charge in [-0.25, -0.2) is 9.67 Å². The summed E-state index contributed by atoms with van der Waals surface area (Å²) in [6, 6.07) is 10.3. The van der Waals surface area contributed by atoms with Crippen LogP contribution in [0, 0.1) is 0 Å². The van der Waals surface area contributed by atoms with Gasteiger partial charge in [0.1, 0.15) is 11.8 Å². The van der Waals surface area contributed by atoms with Gasteiger partial charge in [0.15, 0.2) is 5.82 Å². The van der Waals surface area contributed by atoms with E-state index in [0.29, 0.717) is 24.7 Å². The average molecular weight is 421 g/mol. The molecule has 31 heavy (non-hydrogen) atoms. The predicted molar refractivity (Wildman–Crippen MR) is 115 cm³/mol. The van der Waals surface area contributed by atoms with Crippen molar-refractivity contribution in [2.45, 2.75) is 31.0 Å². The van der Waals surface area contributed by atoms with E-state index in [1.54, 1.807) is 30.1 Å². The molecule has 2 aromatic heterocycles. The Morgan fingerprint density at radius 2 is 2.03 bits per heavy atom. The highest BCUT2D eigenvalue weighted by Crippen LogP contribution is 2.33. The first-order valence-corrected chi connectivity index (χ1v) is 10.3. The number of anilines is 1. The summed E-state index contributed by atoms with van der Waals surface area (Å²) in [4.78, 5) is 29.6. The lowest BCUT2D eigenvalue weighted by molar-refractivity contribution is 0.183. The van der Waals surface area contributed by atoms with E-state index in [1.807, 2.05) is 24.3 Å². The monoisotopic (exact) mass is 421 g/mol. The molecular formula is C22H23N5O4. The fourth-order valence-corrected chi connectivity index (χ4v) is 3.86. The number of nitrogens with one attached hydrogen (secondary N) is 1. The highest BCUT2D eigenvalue weighted by molar-refractivity contribution is 5.60. The van der Waals surface area contributed by atoms with Crippen LogP contribution < -0.4 is 21.2 Å². The third kappa shape index (κ3) is 3.84. The topological polar surface area (TPSA) is 100 Å². The molecule has 2 aliphatic rings. The standard InChI is InChI=1S/C22H23N5O4/c1-30-16-4-2-3-14(11-16)17-7-8-20(28)27(25-17)19-13-31-12-18(19)24-21-22(29)26(10-9-23-21)15-5-6-15/h2-4,7-11,15,18-19H,5-6,12-13H2,1H3,(H,23,24). The van der Waals surface area contributed by atoms with E-state index in [-0.39, 0.29) is 35.1 Å². The smallest absolute Gasteiger partial charge is 0.293 e. The van der Waals surface area contributed by atoms with E-state index in [9.17, 15) is 9.59 Å². The van der Waals surface area contributed by atoms with Gasteiger partial charge in [0.25, 0.3) is 11.1 Å². The number of methoxy groups -OCH3 is 1. The van der Waals surface area contributed by atoms with E-state index in [4.69, 9.17) is 9.47 Å². The Labute approximate surface area is 178 Å². The first-order chi connectivity index (χ1) is 15.1. The Kier molecular flexibility index (Phi) is 5.03. The van der Waals surface area contributed by atoms with Crippen molar-refractivity contribution < 1.29 is 9.47 Å². The Hall–Kier alpha value is -3.46. The Morgan fingerprint density at radius 3 is 2.84 bits per heavy atom. The fraction of sp³-hybridized carbons (Fsp3) is 0.364. The van der Waals surface area contributed by atoms with Gasteiger partial charge in [-0.1, -0.05) is 12.1 Å². The highest BCUT2D eigenvalue weighted by Gasteiger charge is 2.33. The van der Waals surface area contributed by atoms with Crippen molar-refractivity contribution in [3.05, 3.63) is 69.5 Å². The van der Waals surface area contributed by atoms with Gasteiger partial charge in [-0.3, -0.25) is 9.59 Å². The SMILES string of the molecule is COc1cccc(-c2ccc(=O)n(C3COCC3Nc3nccn(C4CC4)c3=O)n2)c1. The van der Waals surface area contributed by atoms with Gasteiger partial charge in [-0.15, -0.1) is 0 Å². The first kappa shape index (κ1) is 19.5. The maximum atomic E-state index is 12.7. The predicted octanol–water partition coefficient (Wildman–Crippen LogP) is 1.86. The maximum Gasteiger partial charge on any atom is 0.293 e. The van der Waals surface area contributed by atoms with E-state index >= 15 is 0 Å². The molecule has 3 heterocycles. The zero-order chi connectivity index (χ0) is 21.4. The van der Waals surface area contributed by atoms with E-state index < -0.39 is 0 Å². The van der Waals surface area contributed by atoms with Gasteiger partial charge in [-0.2, -0.15) is 5.10 Å². The van der Waals surface area contributed by atoms with E-state index in [0.717, 1.165) is 18.4 Å². The van der Waals surface area contributed by atoms with Crippen LogP contribution >= 0.6 is 0 Å². The number of aromatic nitrogens is 4. The lowest BCUT2D eigenvalue weighted by Gasteiger charge is -2.21. The molecule has 0 spiro atoms. The van der Waals surface area contributed by atoms with Crippen LogP contribution in [0.25, 0.3) is 11.3 Å². The molecule has 2 fully saturated rings. The first-order valence-electron chi connectivity index (χ1n) is 10.3. The number of rotatable bonds is 6. The Morgan fingerprint density at radius 1 is 1.16 bits per heavy atom. The number of hydrogen-bond acceptors (Lipinski definition) is 7. The van der Waals surface area contributed by atoms with E-state index in [1.165, 1.54) is 10.7 Å². The number of hydrogen-bond donors (Lipinski definition) is 1. The molecule has 1 saturated heterocycles. The molecule has 2 unspecified atom stereocenters. The van der Waals surface area contributed by atoms with E-state index in [2.05, 4.69) is 15.4 Å².